The molecule has 1 heterocycles. The molecule has 2 nitrogen and oxygen atoms in total. The van der Waals surface area contributed by atoms with Gasteiger partial charge in [-0.15, -0.1) is 0 Å². The molecule has 1 fully saturated rings. The third-order valence-electron chi connectivity index (χ3n) is 5.58. The molecule has 1 saturated heterocycles. The van der Waals surface area contributed by atoms with Crippen LogP contribution in [-0.4, -0.2) is 31.1 Å². The number of nitrogens with one attached hydrogen (secondary N) is 1. The van der Waals surface area contributed by atoms with Crippen LogP contribution in [0.1, 0.15) is 30.4 Å². The van der Waals surface area contributed by atoms with Crippen molar-refractivity contribution < 1.29 is 0 Å². The molecule has 0 aromatic heterocycles. The van der Waals surface area contributed by atoms with Crippen LogP contribution >= 0.6 is 0 Å². The van der Waals surface area contributed by atoms with Crippen molar-refractivity contribution in [2.24, 2.45) is 0 Å². The molecular formula is C22H26N2. The Balaban J connectivity index is 1.25. The first kappa shape index (κ1) is 15.5. The van der Waals surface area contributed by atoms with Crippen molar-refractivity contribution in [2.75, 3.05) is 31.5 Å². The van der Waals surface area contributed by atoms with E-state index in [4.69, 9.17) is 0 Å². The lowest BCUT2D eigenvalue weighted by atomic mass is 9.74. The Hall–Kier alpha value is -2.06. The van der Waals surface area contributed by atoms with E-state index in [1.165, 1.54) is 50.1 Å². The van der Waals surface area contributed by atoms with E-state index >= 15 is 0 Å². The van der Waals surface area contributed by atoms with Crippen LogP contribution in [0.2, 0.25) is 0 Å². The van der Waals surface area contributed by atoms with Crippen LogP contribution in [0.15, 0.2) is 60.7 Å². The molecule has 2 aromatic carbocycles. The number of anilines is 1. The summed E-state index contributed by atoms with van der Waals surface area (Å²) in [4.78, 5) is 2.63. The predicted octanol–water partition coefficient (Wildman–Crippen LogP) is 4.55. The van der Waals surface area contributed by atoms with E-state index in [2.05, 4.69) is 77.0 Å². The van der Waals surface area contributed by atoms with Gasteiger partial charge in [0.1, 0.15) is 0 Å². The molecule has 4 rings (SSSR count). The lowest BCUT2D eigenvalue weighted by Crippen LogP contribution is -2.41. The van der Waals surface area contributed by atoms with Crippen molar-refractivity contribution in [3.8, 4) is 0 Å². The summed E-state index contributed by atoms with van der Waals surface area (Å²) < 4.78 is 0. The van der Waals surface area contributed by atoms with Gasteiger partial charge in [-0.05, 0) is 62.2 Å². The molecule has 0 bridgehead atoms. The second-order valence-electron chi connectivity index (χ2n) is 7.06. The lowest BCUT2D eigenvalue weighted by molar-refractivity contribution is 0.184. The number of benzene rings is 2. The molecule has 0 unspecified atom stereocenters. The highest BCUT2D eigenvalue weighted by molar-refractivity contribution is 5.65. The Morgan fingerprint density at radius 2 is 1.67 bits per heavy atom. The van der Waals surface area contributed by atoms with Crippen molar-refractivity contribution in [2.45, 2.75) is 24.7 Å². The van der Waals surface area contributed by atoms with Crippen molar-refractivity contribution in [3.05, 3.63) is 71.8 Å². The number of piperidine rings is 1. The van der Waals surface area contributed by atoms with E-state index in [1.807, 2.05) is 0 Å². The summed E-state index contributed by atoms with van der Waals surface area (Å²) in [6.07, 6.45) is 8.51. The minimum atomic E-state index is 0.315. The average molecular weight is 318 g/mol. The fourth-order valence-corrected chi connectivity index (χ4v) is 4.14. The summed E-state index contributed by atoms with van der Waals surface area (Å²) in [5.41, 5.74) is 4.52. The van der Waals surface area contributed by atoms with E-state index < -0.39 is 0 Å². The number of allylic oxidation sites excluding steroid dienone is 1. The standard InChI is InChI=1S/C22H26N2/c1-2-8-20(9-3-1)23-15-6-16-24-17-13-22(14-18-24)12-11-19-7-4-5-10-21(19)22/h1-5,7-12,23H,6,13-18H2. The number of para-hydroxylation sites is 1. The van der Waals surface area contributed by atoms with Gasteiger partial charge in [0.05, 0.1) is 0 Å². The van der Waals surface area contributed by atoms with Crippen LogP contribution in [0, 0.1) is 0 Å². The minimum absolute atomic E-state index is 0.315. The quantitative estimate of drug-likeness (QED) is 0.814. The molecule has 24 heavy (non-hydrogen) atoms. The molecule has 124 valence electrons. The molecule has 1 aliphatic heterocycles. The average Bonchev–Trinajstić information content (AvgIpc) is 3.00. The highest BCUT2D eigenvalue weighted by atomic mass is 15.1. The lowest BCUT2D eigenvalue weighted by Gasteiger charge is -2.39. The summed E-state index contributed by atoms with van der Waals surface area (Å²) in [7, 11) is 0. The van der Waals surface area contributed by atoms with Gasteiger partial charge in [-0.1, -0.05) is 54.6 Å². The number of hydrogen-bond acceptors (Lipinski definition) is 2. The Morgan fingerprint density at radius 3 is 2.50 bits per heavy atom. The summed E-state index contributed by atoms with van der Waals surface area (Å²) >= 11 is 0. The zero-order valence-electron chi connectivity index (χ0n) is 14.2. The van der Waals surface area contributed by atoms with E-state index in [-0.39, 0.29) is 0 Å². The van der Waals surface area contributed by atoms with E-state index in [0.717, 1.165) is 6.54 Å². The van der Waals surface area contributed by atoms with Gasteiger partial charge in [-0.3, -0.25) is 0 Å². The van der Waals surface area contributed by atoms with Crippen LogP contribution < -0.4 is 5.32 Å². The molecule has 1 N–H and O–H groups in total. The minimum Gasteiger partial charge on any atom is -0.385 e. The second kappa shape index (κ2) is 6.82. The number of fused-ring (bicyclic) bond motifs is 2. The highest BCUT2D eigenvalue weighted by Gasteiger charge is 2.37. The molecule has 0 atom stereocenters. The molecule has 1 aliphatic carbocycles. The zero-order chi connectivity index (χ0) is 16.2. The van der Waals surface area contributed by atoms with Gasteiger partial charge < -0.3 is 10.2 Å². The maximum atomic E-state index is 3.51. The number of nitrogens with zero attached hydrogens (tertiary/aromatic N) is 1. The van der Waals surface area contributed by atoms with Crippen molar-refractivity contribution in [1.29, 1.82) is 0 Å². The monoisotopic (exact) mass is 318 g/mol. The molecule has 0 saturated carbocycles. The highest BCUT2D eigenvalue weighted by Crippen LogP contribution is 2.43. The van der Waals surface area contributed by atoms with Gasteiger partial charge in [0.2, 0.25) is 0 Å². The maximum Gasteiger partial charge on any atom is 0.0340 e. The first-order valence-electron chi connectivity index (χ1n) is 9.16. The summed E-state index contributed by atoms with van der Waals surface area (Å²) in [6.45, 7) is 4.67. The molecular weight excluding hydrogens is 292 g/mol. The molecule has 0 amide bonds. The summed E-state index contributed by atoms with van der Waals surface area (Å²) in [6, 6.07) is 19.4. The number of hydrogen-bond donors (Lipinski definition) is 1. The third kappa shape index (κ3) is 3.11. The van der Waals surface area contributed by atoms with E-state index in [9.17, 15) is 0 Å². The Morgan fingerprint density at radius 1 is 0.917 bits per heavy atom. The van der Waals surface area contributed by atoms with Crippen LogP contribution in [0.25, 0.3) is 6.08 Å². The fraction of sp³-hybridized carbons (Fsp3) is 0.364. The molecule has 2 aliphatic rings. The SMILES string of the molecule is C1=CC2(CCN(CCCNc3ccccc3)CC2)c2ccccc21. The van der Waals surface area contributed by atoms with Crippen molar-refractivity contribution >= 4 is 11.8 Å². The zero-order valence-corrected chi connectivity index (χ0v) is 14.2. The smallest absolute Gasteiger partial charge is 0.0340 e. The normalized spacial score (nSPS) is 18.7. The van der Waals surface area contributed by atoms with Crippen LogP contribution in [0.3, 0.4) is 0 Å². The number of likely N-dealkylation sites (tertiary alicyclic amines) is 1. The van der Waals surface area contributed by atoms with Gasteiger partial charge in [0.25, 0.3) is 0 Å². The topological polar surface area (TPSA) is 15.3 Å². The van der Waals surface area contributed by atoms with Gasteiger partial charge in [-0.2, -0.15) is 0 Å². The second-order valence-corrected chi connectivity index (χ2v) is 7.06. The van der Waals surface area contributed by atoms with Crippen molar-refractivity contribution in [3.63, 3.8) is 0 Å². The molecule has 2 heteroatoms. The molecule has 0 radical (unpaired) electrons. The molecule has 2 aromatic rings. The van der Waals surface area contributed by atoms with Crippen molar-refractivity contribution in [1.82, 2.24) is 4.90 Å². The van der Waals surface area contributed by atoms with Gasteiger partial charge in [0, 0.05) is 17.6 Å². The summed E-state index contributed by atoms with van der Waals surface area (Å²) in [5.74, 6) is 0. The molecule has 1 spiro atoms. The van der Waals surface area contributed by atoms with E-state index in [1.54, 1.807) is 5.56 Å². The first-order valence-corrected chi connectivity index (χ1v) is 9.16. The van der Waals surface area contributed by atoms with Crippen LogP contribution in [0.4, 0.5) is 5.69 Å². The Bertz CT molecular complexity index is 697. The maximum absolute atomic E-state index is 3.51. The van der Waals surface area contributed by atoms with Gasteiger partial charge in [-0.25, -0.2) is 0 Å². The van der Waals surface area contributed by atoms with Crippen LogP contribution in [0.5, 0.6) is 0 Å². The Kier molecular flexibility index (Phi) is 4.40. The van der Waals surface area contributed by atoms with E-state index in [0.29, 0.717) is 5.41 Å². The Labute approximate surface area is 145 Å². The number of rotatable bonds is 5. The summed E-state index contributed by atoms with van der Waals surface area (Å²) in [5, 5.41) is 3.51. The van der Waals surface area contributed by atoms with Crippen LogP contribution in [-0.2, 0) is 5.41 Å². The largest absolute Gasteiger partial charge is 0.385 e. The first-order chi connectivity index (χ1) is 11.9. The fourth-order valence-electron chi connectivity index (χ4n) is 4.14. The predicted molar refractivity (Wildman–Crippen MR) is 102 cm³/mol. The van der Waals surface area contributed by atoms with Gasteiger partial charge >= 0.3 is 0 Å². The van der Waals surface area contributed by atoms with Gasteiger partial charge in [0.15, 0.2) is 0 Å². The third-order valence-corrected chi connectivity index (χ3v) is 5.58.